The third kappa shape index (κ3) is 5.65. The highest BCUT2D eigenvalue weighted by molar-refractivity contribution is 5.79. The van der Waals surface area contributed by atoms with E-state index in [2.05, 4.69) is 19.2 Å². The Morgan fingerprint density at radius 3 is 2.48 bits per heavy atom. The van der Waals surface area contributed by atoms with Crippen LogP contribution >= 0.6 is 0 Å². The molecule has 1 aliphatic heterocycles. The van der Waals surface area contributed by atoms with Gasteiger partial charge in [0.1, 0.15) is 0 Å². The molecule has 1 unspecified atom stereocenters. The predicted octanol–water partition coefficient (Wildman–Crippen LogP) is 2.59. The topological polar surface area (TPSA) is 75.6 Å². The van der Waals surface area contributed by atoms with Gasteiger partial charge in [-0.05, 0) is 25.2 Å². The number of carboxylic acid groups (broad SMARTS) is 1. The van der Waals surface area contributed by atoms with Gasteiger partial charge in [0.15, 0.2) is 0 Å². The fourth-order valence-electron chi connectivity index (χ4n) is 2.77. The quantitative estimate of drug-likeness (QED) is 0.686. The summed E-state index contributed by atoms with van der Waals surface area (Å²) in [6.45, 7) is 5.38. The first-order chi connectivity index (χ1) is 10.0. The van der Waals surface area contributed by atoms with Crippen molar-refractivity contribution >= 4 is 11.9 Å². The molecule has 1 aliphatic rings. The lowest BCUT2D eigenvalue weighted by Crippen LogP contribution is -2.46. The first-order valence-electron chi connectivity index (χ1n) is 8.12. The van der Waals surface area contributed by atoms with Gasteiger partial charge in [0.05, 0.1) is 5.41 Å². The third-order valence-corrected chi connectivity index (χ3v) is 4.54. The van der Waals surface area contributed by atoms with E-state index in [-0.39, 0.29) is 12.5 Å². The molecule has 122 valence electrons. The van der Waals surface area contributed by atoms with Crippen molar-refractivity contribution in [2.45, 2.75) is 58.8 Å². The van der Waals surface area contributed by atoms with E-state index in [1.807, 2.05) is 0 Å². The number of hydrogen-bond donors (Lipinski definition) is 2. The van der Waals surface area contributed by atoms with E-state index in [1.54, 1.807) is 0 Å². The Balaban J connectivity index is 2.44. The highest BCUT2D eigenvalue weighted by Gasteiger charge is 2.40. The van der Waals surface area contributed by atoms with Gasteiger partial charge >= 0.3 is 5.97 Å². The molecular weight excluding hydrogens is 270 g/mol. The van der Waals surface area contributed by atoms with Crippen molar-refractivity contribution in [1.82, 2.24) is 5.32 Å². The van der Waals surface area contributed by atoms with Gasteiger partial charge in [-0.2, -0.15) is 0 Å². The molecule has 0 saturated carbocycles. The molecule has 5 heteroatoms. The minimum Gasteiger partial charge on any atom is -0.481 e. The van der Waals surface area contributed by atoms with Crippen LogP contribution in [0.2, 0.25) is 0 Å². The molecule has 0 bridgehead atoms. The predicted molar refractivity (Wildman–Crippen MR) is 81.1 cm³/mol. The third-order valence-electron chi connectivity index (χ3n) is 4.54. The molecule has 2 N–H and O–H groups in total. The molecule has 1 heterocycles. The molecule has 0 spiro atoms. The van der Waals surface area contributed by atoms with Gasteiger partial charge in [-0.15, -0.1) is 0 Å². The number of carbonyl (C=O) groups excluding carboxylic acids is 1. The highest BCUT2D eigenvalue weighted by Crippen LogP contribution is 2.30. The second-order valence-electron chi connectivity index (χ2n) is 6.10. The van der Waals surface area contributed by atoms with E-state index in [9.17, 15) is 14.7 Å². The number of carboxylic acids is 1. The Bertz CT molecular complexity index is 337. The lowest BCUT2D eigenvalue weighted by atomic mass is 9.80. The van der Waals surface area contributed by atoms with Gasteiger partial charge in [-0.25, -0.2) is 0 Å². The molecule has 1 rings (SSSR count). The lowest BCUT2D eigenvalue weighted by Gasteiger charge is -2.33. The summed E-state index contributed by atoms with van der Waals surface area (Å²) in [4.78, 5) is 23.5. The van der Waals surface area contributed by atoms with Crippen LogP contribution in [0.5, 0.6) is 0 Å². The highest BCUT2D eigenvalue weighted by atomic mass is 16.5. The molecule has 0 aromatic heterocycles. The molecular formula is C16H29NO4. The van der Waals surface area contributed by atoms with Crippen LogP contribution in [0, 0.1) is 11.3 Å². The molecule has 0 aromatic carbocycles. The second-order valence-corrected chi connectivity index (χ2v) is 6.10. The Morgan fingerprint density at radius 2 is 1.95 bits per heavy atom. The van der Waals surface area contributed by atoms with Gasteiger partial charge in [0.25, 0.3) is 0 Å². The van der Waals surface area contributed by atoms with Crippen LogP contribution < -0.4 is 5.32 Å². The smallest absolute Gasteiger partial charge is 0.311 e. The van der Waals surface area contributed by atoms with E-state index < -0.39 is 11.4 Å². The van der Waals surface area contributed by atoms with Crippen LogP contribution in [0.1, 0.15) is 58.8 Å². The standard InChI is InChI=1S/C16H29NO4/c1-3-5-6-13(4-2)11-14(18)17-12-16(15(19)20)7-9-21-10-8-16/h13H,3-12H2,1-2H3,(H,17,18)(H,19,20). The average Bonchev–Trinajstić information content (AvgIpc) is 2.50. The first kappa shape index (κ1) is 18.0. The number of amides is 1. The molecule has 1 fully saturated rings. The second kappa shape index (κ2) is 9.03. The maximum absolute atomic E-state index is 12.0. The van der Waals surface area contributed by atoms with Gasteiger partial charge in [0, 0.05) is 26.2 Å². The Kier molecular flexibility index (Phi) is 7.72. The monoisotopic (exact) mass is 299 g/mol. The normalized spacial score (nSPS) is 19.0. The average molecular weight is 299 g/mol. The summed E-state index contributed by atoms with van der Waals surface area (Å²) < 4.78 is 5.23. The van der Waals surface area contributed by atoms with E-state index in [0.29, 0.717) is 38.4 Å². The summed E-state index contributed by atoms with van der Waals surface area (Å²) in [7, 11) is 0. The van der Waals surface area contributed by atoms with Crippen molar-refractivity contribution < 1.29 is 19.4 Å². The zero-order valence-electron chi connectivity index (χ0n) is 13.3. The van der Waals surface area contributed by atoms with Crippen molar-refractivity contribution in [2.75, 3.05) is 19.8 Å². The molecule has 0 radical (unpaired) electrons. The minimum atomic E-state index is -0.848. The molecule has 1 atom stereocenters. The largest absolute Gasteiger partial charge is 0.481 e. The summed E-state index contributed by atoms with van der Waals surface area (Å²) >= 11 is 0. The molecule has 21 heavy (non-hydrogen) atoms. The zero-order chi connectivity index (χ0) is 15.7. The SMILES string of the molecule is CCCCC(CC)CC(=O)NCC1(C(=O)O)CCOCC1. The maximum atomic E-state index is 12.0. The molecule has 1 amide bonds. The van der Waals surface area contributed by atoms with E-state index >= 15 is 0 Å². The number of unbranched alkanes of at least 4 members (excludes halogenated alkanes) is 1. The number of hydrogen-bond acceptors (Lipinski definition) is 3. The van der Waals surface area contributed by atoms with E-state index in [4.69, 9.17) is 4.74 Å². The maximum Gasteiger partial charge on any atom is 0.311 e. The van der Waals surface area contributed by atoms with Crippen LogP contribution in [-0.2, 0) is 14.3 Å². The van der Waals surface area contributed by atoms with E-state index in [1.165, 1.54) is 0 Å². The van der Waals surface area contributed by atoms with Crippen LogP contribution in [0.4, 0.5) is 0 Å². The van der Waals surface area contributed by atoms with Gasteiger partial charge in [-0.3, -0.25) is 9.59 Å². The molecule has 0 aliphatic carbocycles. The van der Waals surface area contributed by atoms with Crippen molar-refractivity contribution in [3.63, 3.8) is 0 Å². The van der Waals surface area contributed by atoms with Crippen LogP contribution in [0.3, 0.4) is 0 Å². The Hall–Kier alpha value is -1.10. The lowest BCUT2D eigenvalue weighted by molar-refractivity contribution is -0.154. The fraction of sp³-hybridized carbons (Fsp3) is 0.875. The van der Waals surface area contributed by atoms with Gasteiger partial charge in [-0.1, -0.05) is 33.1 Å². The van der Waals surface area contributed by atoms with Crippen molar-refractivity contribution in [3.05, 3.63) is 0 Å². The van der Waals surface area contributed by atoms with Crippen LogP contribution in [0.15, 0.2) is 0 Å². The fourth-order valence-corrected chi connectivity index (χ4v) is 2.77. The summed E-state index contributed by atoms with van der Waals surface area (Å²) in [5.41, 5.74) is -0.848. The summed E-state index contributed by atoms with van der Waals surface area (Å²) in [5, 5.41) is 12.3. The van der Waals surface area contributed by atoms with Gasteiger partial charge in [0.2, 0.25) is 5.91 Å². The number of nitrogens with one attached hydrogen (secondary N) is 1. The molecule has 0 aromatic rings. The molecule has 5 nitrogen and oxygen atoms in total. The summed E-state index contributed by atoms with van der Waals surface area (Å²) in [5.74, 6) is -0.449. The number of rotatable bonds is 9. The first-order valence-corrected chi connectivity index (χ1v) is 8.12. The zero-order valence-corrected chi connectivity index (χ0v) is 13.3. The Morgan fingerprint density at radius 1 is 1.29 bits per heavy atom. The summed E-state index contributed by atoms with van der Waals surface area (Å²) in [6, 6.07) is 0. The van der Waals surface area contributed by atoms with Gasteiger partial charge < -0.3 is 15.2 Å². The Labute approximate surface area is 127 Å². The summed E-state index contributed by atoms with van der Waals surface area (Å²) in [6.07, 6.45) is 5.78. The van der Waals surface area contributed by atoms with Crippen molar-refractivity contribution in [3.8, 4) is 0 Å². The van der Waals surface area contributed by atoms with Crippen molar-refractivity contribution in [2.24, 2.45) is 11.3 Å². The minimum absolute atomic E-state index is 0.0231. The molecule has 1 saturated heterocycles. The van der Waals surface area contributed by atoms with E-state index in [0.717, 1.165) is 25.7 Å². The van der Waals surface area contributed by atoms with Crippen LogP contribution in [0.25, 0.3) is 0 Å². The van der Waals surface area contributed by atoms with Crippen molar-refractivity contribution in [1.29, 1.82) is 0 Å². The number of ether oxygens (including phenoxy) is 1. The number of carbonyl (C=O) groups is 2. The van der Waals surface area contributed by atoms with Crippen LogP contribution in [-0.4, -0.2) is 36.7 Å². The number of aliphatic carboxylic acids is 1.